The van der Waals surface area contributed by atoms with Crippen LogP contribution >= 0.6 is 0 Å². The number of anilines is 1. The van der Waals surface area contributed by atoms with Crippen LogP contribution in [0, 0.1) is 6.92 Å². The Hall–Kier alpha value is -3.08. The number of para-hydroxylation sites is 1. The van der Waals surface area contributed by atoms with E-state index in [0.29, 0.717) is 23.6 Å². The summed E-state index contributed by atoms with van der Waals surface area (Å²) in [4.78, 5) is 0. The predicted octanol–water partition coefficient (Wildman–Crippen LogP) is 3.43. The molecule has 0 aliphatic carbocycles. The van der Waals surface area contributed by atoms with Crippen molar-refractivity contribution in [3.63, 3.8) is 0 Å². The zero-order chi connectivity index (χ0) is 16.9. The first-order valence-corrected chi connectivity index (χ1v) is 7.57. The first-order chi connectivity index (χ1) is 11.6. The van der Waals surface area contributed by atoms with Gasteiger partial charge in [0.2, 0.25) is 0 Å². The van der Waals surface area contributed by atoms with Gasteiger partial charge in [0, 0.05) is 17.5 Å². The predicted molar refractivity (Wildman–Crippen MR) is 93.6 cm³/mol. The molecule has 1 atom stereocenters. The molecule has 0 saturated heterocycles. The van der Waals surface area contributed by atoms with Gasteiger partial charge in [-0.2, -0.15) is 0 Å². The molecule has 1 aromatic heterocycles. The molecule has 0 bridgehead atoms. The van der Waals surface area contributed by atoms with Crippen molar-refractivity contribution in [3.05, 3.63) is 73.2 Å². The van der Waals surface area contributed by atoms with Crippen LogP contribution in [0.4, 0.5) is 5.82 Å². The van der Waals surface area contributed by atoms with Gasteiger partial charge in [-0.1, -0.05) is 42.5 Å². The Balaban J connectivity index is 1.79. The highest BCUT2D eigenvalue weighted by molar-refractivity contribution is 5.68. The lowest BCUT2D eigenvalue weighted by atomic mass is 10.0. The van der Waals surface area contributed by atoms with Crippen molar-refractivity contribution in [1.29, 1.82) is 0 Å². The van der Waals surface area contributed by atoms with Crippen LogP contribution in [0.1, 0.15) is 11.5 Å². The Labute approximate surface area is 140 Å². The summed E-state index contributed by atoms with van der Waals surface area (Å²) in [5.74, 6) is 0.719. The summed E-state index contributed by atoms with van der Waals surface area (Å²) >= 11 is 0. The third-order valence-electron chi connectivity index (χ3n) is 3.68. The maximum absolute atomic E-state index is 9.94. The van der Waals surface area contributed by atoms with Crippen LogP contribution in [0.2, 0.25) is 0 Å². The van der Waals surface area contributed by atoms with Gasteiger partial charge in [-0.05, 0) is 24.6 Å². The van der Waals surface area contributed by atoms with Crippen LogP contribution in [0.15, 0.2) is 60.7 Å². The summed E-state index contributed by atoms with van der Waals surface area (Å²) in [6, 6.07) is 18.5. The highest BCUT2D eigenvalue weighted by Gasteiger charge is 2.12. The number of hydrogen-bond donors (Lipinski definition) is 2. The summed E-state index contributed by atoms with van der Waals surface area (Å²) in [6.07, 6.45) is 0. The second-order valence-corrected chi connectivity index (χ2v) is 5.41. The van der Waals surface area contributed by atoms with Gasteiger partial charge >= 0.3 is 0 Å². The molecule has 0 aliphatic heterocycles. The molecule has 121 valence electrons. The molecule has 0 saturated carbocycles. The van der Waals surface area contributed by atoms with Gasteiger partial charge < -0.3 is 15.6 Å². The molecule has 3 rings (SSSR count). The average Bonchev–Trinajstić information content (AvgIpc) is 2.62. The average molecular weight is 320 g/mol. The number of nitrogens with two attached hydrogens (primary N) is 1. The van der Waals surface area contributed by atoms with Crippen LogP contribution in [0.3, 0.4) is 0 Å². The molecule has 5 nitrogen and oxygen atoms in total. The number of benzene rings is 2. The highest BCUT2D eigenvalue weighted by Crippen LogP contribution is 2.31. The summed E-state index contributed by atoms with van der Waals surface area (Å²) in [5.41, 5.74) is 8.00. The van der Waals surface area contributed by atoms with Crippen molar-refractivity contribution in [2.24, 2.45) is 0 Å². The summed E-state index contributed by atoms with van der Waals surface area (Å²) in [7, 11) is 0. The normalized spacial score (nSPS) is 11.9. The molecule has 2 aromatic carbocycles. The molecule has 5 heteroatoms. The van der Waals surface area contributed by atoms with Gasteiger partial charge in [0.25, 0.3) is 0 Å². The molecule has 0 fully saturated rings. The molecular weight excluding hydrogens is 302 g/mol. The van der Waals surface area contributed by atoms with Crippen molar-refractivity contribution < 1.29 is 9.84 Å². The van der Waals surface area contributed by atoms with Crippen LogP contribution in [-0.4, -0.2) is 21.9 Å². The quantitative estimate of drug-likeness (QED) is 0.753. The van der Waals surface area contributed by atoms with E-state index in [-0.39, 0.29) is 17.5 Å². The van der Waals surface area contributed by atoms with E-state index in [1.165, 1.54) is 0 Å². The lowest BCUT2D eigenvalue weighted by Crippen LogP contribution is -2.09. The minimum atomic E-state index is -0.0349. The van der Waals surface area contributed by atoms with Crippen molar-refractivity contribution in [2.45, 2.75) is 5.92 Å². The van der Waals surface area contributed by atoms with E-state index < -0.39 is 0 Å². The molecule has 1 radical (unpaired) electrons. The second-order valence-electron chi connectivity index (χ2n) is 5.41. The van der Waals surface area contributed by atoms with E-state index in [1.807, 2.05) is 36.4 Å². The number of phenolic OH excluding ortho intramolecular Hbond substituents is 1. The fourth-order valence-corrected chi connectivity index (χ4v) is 2.33. The number of ether oxygens (including phenoxy) is 1. The second kappa shape index (κ2) is 7.00. The molecule has 0 amide bonds. The summed E-state index contributed by atoms with van der Waals surface area (Å²) in [6.45, 7) is 4.47. The minimum Gasteiger partial charge on any atom is -0.507 e. The highest BCUT2D eigenvalue weighted by atomic mass is 16.5. The first kappa shape index (κ1) is 15.8. The van der Waals surface area contributed by atoms with Crippen LogP contribution < -0.4 is 10.5 Å². The molecular formula is C19H18N3O2. The topological polar surface area (TPSA) is 81.3 Å². The standard InChI is InChI=1S/C19H18N3O2/c1-13(14-7-3-2-4-8-14)12-24-18-11-16(21-22-19(18)20)15-9-5-6-10-17(15)23/h2-11,13,23H,1,12H2,(H2,20,22). The Morgan fingerprint density at radius 1 is 1.04 bits per heavy atom. The number of aromatic hydroxyl groups is 1. The van der Waals surface area contributed by atoms with Gasteiger partial charge in [0.05, 0.1) is 6.61 Å². The van der Waals surface area contributed by atoms with E-state index in [4.69, 9.17) is 10.5 Å². The third kappa shape index (κ3) is 3.46. The number of aromatic nitrogens is 2. The Kier molecular flexibility index (Phi) is 4.61. The SMILES string of the molecule is [CH2]C(COc1cc(-c2ccccc2O)nnc1N)c1ccccc1. The molecule has 3 aromatic rings. The maximum atomic E-state index is 9.94. The molecule has 1 unspecified atom stereocenters. The van der Waals surface area contributed by atoms with Crippen molar-refractivity contribution >= 4 is 5.82 Å². The van der Waals surface area contributed by atoms with E-state index in [9.17, 15) is 5.11 Å². The zero-order valence-corrected chi connectivity index (χ0v) is 13.1. The Bertz CT molecular complexity index is 822. The van der Waals surface area contributed by atoms with Crippen molar-refractivity contribution in [1.82, 2.24) is 10.2 Å². The van der Waals surface area contributed by atoms with Crippen LogP contribution in [0.5, 0.6) is 11.5 Å². The molecule has 3 N–H and O–H groups in total. The van der Waals surface area contributed by atoms with Crippen molar-refractivity contribution in [2.75, 3.05) is 12.3 Å². The molecule has 1 heterocycles. The first-order valence-electron chi connectivity index (χ1n) is 7.57. The molecule has 24 heavy (non-hydrogen) atoms. The molecule has 0 spiro atoms. The number of nitrogens with zero attached hydrogens (tertiary/aromatic N) is 2. The Morgan fingerprint density at radius 3 is 2.50 bits per heavy atom. The summed E-state index contributed by atoms with van der Waals surface area (Å²) in [5, 5.41) is 17.9. The van der Waals surface area contributed by atoms with Gasteiger partial charge in [0.15, 0.2) is 11.6 Å². The van der Waals surface area contributed by atoms with E-state index in [1.54, 1.807) is 24.3 Å². The van der Waals surface area contributed by atoms with Gasteiger partial charge in [-0.25, -0.2) is 0 Å². The summed E-state index contributed by atoms with van der Waals surface area (Å²) < 4.78 is 5.78. The van der Waals surface area contributed by atoms with E-state index in [0.717, 1.165) is 5.56 Å². The van der Waals surface area contributed by atoms with Crippen LogP contribution in [0.25, 0.3) is 11.3 Å². The third-order valence-corrected chi connectivity index (χ3v) is 3.68. The van der Waals surface area contributed by atoms with Gasteiger partial charge in [-0.3, -0.25) is 0 Å². The van der Waals surface area contributed by atoms with Gasteiger partial charge in [-0.15, -0.1) is 10.2 Å². The molecule has 0 aliphatic rings. The fraction of sp³-hybridized carbons (Fsp3) is 0.105. The largest absolute Gasteiger partial charge is 0.507 e. The maximum Gasteiger partial charge on any atom is 0.188 e. The number of rotatable bonds is 5. The minimum absolute atomic E-state index is 0.0349. The monoisotopic (exact) mass is 320 g/mol. The van der Waals surface area contributed by atoms with E-state index >= 15 is 0 Å². The zero-order valence-electron chi connectivity index (χ0n) is 13.1. The lowest BCUT2D eigenvalue weighted by Gasteiger charge is -2.14. The Morgan fingerprint density at radius 2 is 1.75 bits per heavy atom. The number of hydrogen-bond acceptors (Lipinski definition) is 5. The smallest absolute Gasteiger partial charge is 0.188 e. The number of phenols is 1. The van der Waals surface area contributed by atoms with E-state index in [2.05, 4.69) is 17.1 Å². The van der Waals surface area contributed by atoms with Gasteiger partial charge in [0.1, 0.15) is 11.4 Å². The lowest BCUT2D eigenvalue weighted by molar-refractivity contribution is 0.305. The van der Waals surface area contributed by atoms with Crippen LogP contribution in [-0.2, 0) is 0 Å². The number of nitrogen functional groups attached to an aromatic ring is 1. The fourth-order valence-electron chi connectivity index (χ4n) is 2.33. The van der Waals surface area contributed by atoms with Crippen molar-refractivity contribution in [3.8, 4) is 22.8 Å².